The van der Waals surface area contributed by atoms with E-state index in [9.17, 15) is 9.59 Å². The molecule has 2 aromatic rings. The Bertz CT molecular complexity index is 614. The Morgan fingerprint density at radius 2 is 1.72 bits per heavy atom. The fraction of sp³-hybridized carbons (Fsp3) is 0.200. The first-order chi connectivity index (χ1) is 8.63. The molecule has 0 aliphatic heterocycles. The fourth-order valence-electron chi connectivity index (χ4n) is 2.01. The number of benzene rings is 2. The van der Waals surface area contributed by atoms with Crippen LogP contribution >= 0.6 is 0 Å². The van der Waals surface area contributed by atoms with Crippen molar-refractivity contribution in [2.45, 2.75) is 13.3 Å². The highest BCUT2D eigenvalue weighted by molar-refractivity contribution is 6.14. The standard InChI is InChI=1S/C15H14O3/c1-10(16)9-14(17)12-7-8-15(18-2)13-6-4-3-5-11(12)13/h3-8H,9H2,1-2H3. The van der Waals surface area contributed by atoms with Crippen LogP contribution < -0.4 is 4.74 Å². The Hall–Kier alpha value is -2.16. The highest BCUT2D eigenvalue weighted by Gasteiger charge is 2.13. The molecule has 0 aromatic heterocycles. The van der Waals surface area contributed by atoms with Crippen molar-refractivity contribution in [3.05, 3.63) is 42.0 Å². The third-order valence-electron chi connectivity index (χ3n) is 2.81. The van der Waals surface area contributed by atoms with Crippen molar-refractivity contribution < 1.29 is 14.3 Å². The molecular weight excluding hydrogens is 228 g/mol. The molecule has 0 spiro atoms. The molecule has 0 atom stereocenters. The van der Waals surface area contributed by atoms with Crippen LogP contribution in [0.3, 0.4) is 0 Å². The minimum absolute atomic E-state index is 0.0592. The van der Waals surface area contributed by atoms with Crippen LogP contribution in [-0.2, 0) is 4.79 Å². The van der Waals surface area contributed by atoms with Gasteiger partial charge in [-0.3, -0.25) is 9.59 Å². The Balaban J connectivity index is 2.59. The van der Waals surface area contributed by atoms with Crippen LogP contribution in [0.5, 0.6) is 5.75 Å². The molecule has 3 nitrogen and oxygen atoms in total. The van der Waals surface area contributed by atoms with E-state index in [0.717, 1.165) is 16.5 Å². The fourth-order valence-corrected chi connectivity index (χ4v) is 2.01. The van der Waals surface area contributed by atoms with Gasteiger partial charge in [-0.1, -0.05) is 24.3 Å². The molecule has 92 valence electrons. The van der Waals surface area contributed by atoms with Gasteiger partial charge in [0.15, 0.2) is 5.78 Å². The minimum Gasteiger partial charge on any atom is -0.496 e. The lowest BCUT2D eigenvalue weighted by molar-refractivity contribution is -0.116. The summed E-state index contributed by atoms with van der Waals surface area (Å²) in [5.41, 5.74) is 0.571. The lowest BCUT2D eigenvalue weighted by atomic mass is 9.98. The highest BCUT2D eigenvalue weighted by atomic mass is 16.5. The van der Waals surface area contributed by atoms with Gasteiger partial charge in [0.05, 0.1) is 13.5 Å². The molecule has 0 amide bonds. The average molecular weight is 242 g/mol. The zero-order valence-corrected chi connectivity index (χ0v) is 10.4. The Labute approximate surface area is 105 Å². The van der Waals surface area contributed by atoms with Gasteiger partial charge in [0.1, 0.15) is 11.5 Å². The first-order valence-electron chi connectivity index (χ1n) is 5.72. The van der Waals surface area contributed by atoms with E-state index in [2.05, 4.69) is 0 Å². The Morgan fingerprint density at radius 3 is 2.33 bits per heavy atom. The molecule has 2 aromatic carbocycles. The van der Waals surface area contributed by atoms with E-state index >= 15 is 0 Å². The number of methoxy groups -OCH3 is 1. The monoisotopic (exact) mass is 242 g/mol. The number of hydrogen-bond acceptors (Lipinski definition) is 3. The van der Waals surface area contributed by atoms with Crippen molar-refractivity contribution in [3.63, 3.8) is 0 Å². The molecule has 0 fully saturated rings. The summed E-state index contributed by atoms with van der Waals surface area (Å²) in [6.07, 6.45) is -0.0592. The number of hydrogen-bond donors (Lipinski definition) is 0. The molecule has 0 unspecified atom stereocenters. The van der Waals surface area contributed by atoms with Gasteiger partial charge in [-0.25, -0.2) is 0 Å². The van der Waals surface area contributed by atoms with E-state index in [-0.39, 0.29) is 18.0 Å². The second-order valence-electron chi connectivity index (χ2n) is 4.16. The summed E-state index contributed by atoms with van der Waals surface area (Å²) >= 11 is 0. The molecule has 0 radical (unpaired) electrons. The Morgan fingerprint density at radius 1 is 1.06 bits per heavy atom. The quantitative estimate of drug-likeness (QED) is 0.611. The number of ketones is 2. The summed E-state index contributed by atoms with van der Waals surface area (Å²) in [7, 11) is 1.60. The summed E-state index contributed by atoms with van der Waals surface area (Å²) in [6, 6.07) is 11.0. The van der Waals surface area contributed by atoms with Gasteiger partial charge < -0.3 is 4.74 Å². The van der Waals surface area contributed by atoms with Gasteiger partial charge >= 0.3 is 0 Å². The summed E-state index contributed by atoms with van der Waals surface area (Å²) in [5.74, 6) is 0.450. The third kappa shape index (κ3) is 2.25. The van der Waals surface area contributed by atoms with Crippen LogP contribution in [0.1, 0.15) is 23.7 Å². The normalized spacial score (nSPS) is 10.3. The minimum atomic E-state index is -0.152. The molecule has 0 bridgehead atoms. The van der Waals surface area contributed by atoms with Gasteiger partial charge in [-0.2, -0.15) is 0 Å². The van der Waals surface area contributed by atoms with E-state index in [1.165, 1.54) is 6.92 Å². The average Bonchev–Trinajstić information content (AvgIpc) is 2.36. The number of fused-ring (bicyclic) bond motifs is 1. The Kier molecular flexibility index (Phi) is 3.42. The third-order valence-corrected chi connectivity index (χ3v) is 2.81. The molecule has 0 saturated heterocycles. The molecule has 2 rings (SSSR count). The van der Waals surface area contributed by atoms with Crippen molar-refractivity contribution in [2.24, 2.45) is 0 Å². The van der Waals surface area contributed by atoms with Gasteiger partial charge in [-0.05, 0) is 24.4 Å². The largest absolute Gasteiger partial charge is 0.496 e. The van der Waals surface area contributed by atoms with Gasteiger partial charge in [0.25, 0.3) is 0 Å². The van der Waals surface area contributed by atoms with Crippen LogP contribution in [0.25, 0.3) is 10.8 Å². The van der Waals surface area contributed by atoms with E-state index < -0.39 is 0 Å². The number of ether oxygens (including phenoxy) is 1. The smallest absolute Gasteiger partial charge is 0.170 e. The number of Topliss-reactive ketones (excluding diaryl/α,β-unsaturated/α-hetero) is 2. The van der Waals surface area contributed by atoms with E-state index in [4.69, 9.17) is 4.74 Å². The van der Waals surface area contributed by atoms with Crippen molar-refractivity contribution in [2.75, 3.05) is 7.11 Å². The SMILES string of the molecule is COc1ccc(C(=O)CC(C)=O)c2ccccc12. The van der Waals surface area contributed by atoms with Crippen molar-refractivity contribution >= 4 is 22.3 Å². The lowest BCUT2D eigenvalue weighted by Gasteiger charge is -2.09. The predicted molar refractivity (Wildman–Crippen MR) is 70.1 cm³/mol. The molecule has 18 heavy (non-hydrogen) atoms. The zero-order valence-electron chi connectivity index (χ0n) is 10.4. The number of rotatable bonds is 4. The van der Waals surface area contributed by atoms with Crippen LogP contribution in [0.4, 0.5) is 0 Å². The molecule has 3 heteroatoms. The molecular formula is C15H14O3. The van der Waals surface area contributed by atoms with Gasteiger partial charge in [0, 0.05) is 10.9 Å². The van der Waals surface area contributed by atoms with E-state index in [0.29, 0.717) is 5.56 Å². The topological polar surface area (TPSA) is 43.4 Å². The highest BCUT2D eigenvalue weighted by Crippen LogP contribution is 2.28. The molecule has 0 heterocycles. The van der Waals surface area contributed by atoms with Gasteiger partial charge in [-0.15, -0.1) is 0 Å². The van der Waals surface area contributed by atoms with Crippen LogP contribution in [-0.4, -0.2) is 18.7 Å². The maximum absolute atomic E-state index is 12.0. The lowest BCUT2D eigenvalue weighted by Crippen LogP contribution is -2.05. The zero-order chi connectivity index (χ0) is 13.1. The predicted octanol–water partition coefficient (Wildman–Crippen LogP) is 3.01. The summed E-state index contributed by atoms with van der Waals surface area (Å²) < 4.78 is 5.27. The van der Waals surface area contributed by atoms with Crippen LogP contribution in [0.2, 0.25) is 0 Å². The number of carbonyl (C=O) groups is 2. The molecule has 0 N–H and O–H groups in total. The van der Waals surface area contributed by atoms with E-state index in [1.54, 1.807) is 19.2 Å². The summed E-state index contributed by atoms with van der Waals surface area (Å²) in [6.45, 7) is 1.42. The first kappa shape index (κ1) is 12.3. The van der Waals surface area contributed by atoms with E-state index in [1.807, 2.05) is 24.3 Å². The van der Waals surface area contributed by atoms with Crippen LogP contribution in [0, 0.1) is 0 Å². The maximum atomic E-state index is 12.0. The molecule has 0 saturated carbocycles. The summed E-state index contributed by atoms with van der Waals surface area (Å²) in [4.78, 5) is 23.0. The van der Waals surface area contributed by atoms with Crippen LogP contribution in [0.15, 0.2) is 36.4 Å². The first-order valence-corrected chi connectivity index (χ1v) is 5.72. The number of carbonyl (C=O) groups excluding carboxylic acids is 2. The maximum Gasteiger partial charge on any atom is 0.170 e. The van der Waals surface area contributed by atoms with Crippen molar-refractivity contribution in [3.8, 4) is 5.75 Å². The molecule has 0 aliphatic rings. The van der Waals surface area contributed by atoms with Crippen molar-refractivity contribution in [1.82, 2.24) is 0 Å². The molecule has 0 aliphatic carbocycles. The second-order valence-corrected chi connectivity index (χ2v) is 4.16. The van der Waals surface area contributed by atoms with Gasteiger partial charge in [0.2, 0.25) is 0 Å². The second kappa shape index (κ2) is 5.00. The van der Waals surface area contributed by atoms with Crippen molar-refractivity contribution in [1.29, 1.82) is 0 Å². The summed E-state index contributed by atoms with van der Waals surface area (Å²) in [5, 5.41) is 1.71.